The van der Waals surface area contributed by atoms with Gasteiger partial charge in [0.1, 0.15) is 35.6 Å². The standard InChI is InChI=1S/C28H28F2N2O6/c1-16(14-34-2)38-25(33)11-17-4-5-19(35-3)12-24(17)37-15-18-10-22(28-21(26(18)29)7-9-36-28)20-6-8-32-23(13-31)27(20)30/h4-10,12,16H,11,13-15,31H2,1-3H3. The Morgan fingerprint density at radius 3 is 2.63 bits per heavy atom. The highest BCUT2D eigenvalue weighted by atomic mass is 19.1. The Kier molecular flexibility index (Phi) is 8.55. The lowest BCUT2D eigenvalue weighted by Crippen LogP contribution is -2.21. The molecule has 0 fully saturated rings. The number of nitrogens with two attached hydrogens (primary N) is 1. The van der Waals surface area contributed by atoms with Crippen molar-refractivity contribution in [1.29, 1.82) is 0 Å². The maximum Gasteiger partial charge on any atom is 0.310 e. The summed E-state index contributed by atoms with van der Waals surface area (Å²) in [7, 11) is 3.02. The zero-order chi connectivity index (χ0) is 27.2. The van der Waals surface area contributed by atoms with Gasteiger partial charge in [-0.15, -0.1) is 0 Å². The second-order valence-electron chi connectivity index (χ2n) is 8.58. The molecule has 0 saturated heterocycles. The summed E-state index contributed by atoms with van der Waals surface area (Å²) < 4.78 is 57.7. The summed E-state index contributed by atoms with van der Waals surface area (Å²) in [5, 5.41) is 0.174. The largest absolute Gasteiger partial charge is 0.497 e. The van der Waals surface area contributed by atoms with Crippen molar-refractivity contribution >= 4 is 16.9 Å². The van der Waals surface area contributed by atoms with E-state index < -0.39 is 23.7 Å². The van der Waals surface area contributed by atoms with Crippen molar-refractivity contribution in [2.75, 3.05) is 20.8 Å². The third-order valence-corrected chi connectivity index (χ3v) is 5.92. The zero-order valence-electron chi connectivity index (χ0n) is 21.3. The van der Waals surface area contributed by atoms with Gasteiger partial charge in [0.05, 0.1) is 37.5 Å². The fourth-order valence-corrected chi connectivity index (χ4v) is 4.10. The van der Waals surface area contributed by atoms with Crippen LogP contribution in [0.3, 0.4) is 0 Å². The van der Waals surface area contributed by atoms with Crippen LogP contribution in [0.5, 0.6) is 11.5 Å². The average molecular weight is 527 g/mol. The van der Waals surface area contributed by atoms with Gasteiger partial charge in [-0.3, -0.25) is 9.78 Å². The molecule has 200 valence electrons. The van der Waals surface area contributed by atoms with Crippen molar-refractivity contribution in [3.63, 3.8) is 0 Å². The van der Waals surface area contributed by atoms with E-state index in [4.69, 9.17) is 29.1 Å². The number of methoxy groups -OCH3 is 2. The van der Waals surface area contributed by atoms with Gasteiger partial charge in [0.15, 0.2) is 5.82 Å². The molecule has 0 bridgehead atoms. The Hall–Kier alpha value is -4.02. The van der Waals surface area contributed by atoms with Crippen molar-refractivity contribution in [1.82, 2.24) is 4.98 Å². The Morgan fingerprint density at radius 2 is 1.89 bits per heavy atom. The summed E-state index contributed by atoms with van der Waals surface area (Å²) in [5.41, 5.74) is 7.08. The molecule has 0 spiro atoms. The van der Waals surface area contributed by atoms with Crippen molar-refractivity contribution < 1.29 is 36.9 Å². The normalized spacial score (nSPS) is 11.9. The maximum atomic E-state index is 15.4. The predicted molar refractivity (Wildman–Crippen MR) is 136 cm³/mol. The van der Waals surface area contributed by atoms with Crippen LogP contribution in [0.4, 0.5) is 8.78 Å². The SMILES string of the molecule is COCC(C)OC(=O)Cc1ccc(OC)cc1OCc1cc(-c2ccnc(CN)c2F)c2occc2c1F. The van der Waals surface area contributed by atoms with Crippen LogP contribution in [0.2, 0.25) is 0 Å². The molecule has 0 amide bonds. The van der Waals surface area contributed by atoms with Gasteiger partial charge in [-0.25, -0.2) is 8.78 Å². The van der Waals surface area contributed by atoms with E-state index in [2.05, 4.69) is 4.98 Å². The van der Waals surface area contributed by atoms with Gasteiger partial charge in [-0.05, 0) is 31.2 Å². The van der Waals surface area contributed by atoms with E-state index in [1.807, 2.05) is 0 Å². The van der Waals surface area contributed by atoms with Gasteiger partial charge in [0.25, 0.3) is 0 Å². The van der Waals surface area contributed by atoms with Gasteiger partial charge in [-0.1, -0.05) is 6.07 Å². The van der Waals surface area contributed by atoms with E-state index in [1.165, 1.54) is 44.9 Å². The molecule has 0 saturated carbocycles. The number of carbonyl (C=O) groups excluding carboxylic acids is 1. The molecule has 0 radical (unpaired) electrons. The molecular formula is C28H28F2N2O6. The van der Waals surface area contributed by atoms with E-state index in [0.717, 1.165) is 0 Å². The van der Waals surface area contributed by atoms with E-state index in [9.17, 15) is 4.79 Å². The van der Waals surface area contributed by atoms with Crippen LogP contribution in [0.1, 0.15) is 23.7 Å². The number of furan rings is 1. The molecule has 0 aliphatic carbocycles. The molecule has 2 heterocycles. The number of pyridine rings is 1. The minimum atomic E-state index is -0.609. The topological polar surface area (TPSA) is 106 Å². The predicted octanol–water partition coefficient (Wildman–Crippen LogP) is 4.94. The van der Waals surface area contributed by atoms with E-state index >= 15 is 8.78 Å². The first-order valence-corrected chi connectivity index (χ1v) is 11.9. The molecule has 1 unspecified atom stereocenters. The number of fused-ring (bicyclic) bond motifs is 1. The summed E-state index contributed by atoms with van der Waals surface area (Å²) in [5.74, 6) is -0.841. The lowest BCUT2D eigenvalue weighted by Gasteiger charge is -2.16. The van der Waals surface area contributed by atoms with Crippen molar-refractivity contribution in [2.24, 2.45) is 5.73 Å². The average Bonchev–Trinajstić information content (AvgIpc) is 3.40. The quantitative estimate of drug-likeness (QED) is 0.274. The van der Waals surface area contributed by atoms with E-state index in [1.54, 1.807) is 25.1 Å². The summed E-state index contributed by atoms with van der Waals surface area (Å²) in [6, 6.07) is 9.38. The molecule has 0 aliphatic heterocycles. The number of nitrogens with zero attached hydrogens (tertiary/aromatic N) is 1. The number of rotatable bonds is 11. The first-order valence-electron chi connectivity index (χ1n) is 11.9. The fourth-order valence-electron chi connectivity index (χ4n) is 4.10. The number of carbonyl (C=O) groups is 1. The lowest BCUT2D eigenvalue weighted by molar-refractivity contribution is -0.149. The van der Waals surface area contributed by atoms with Crippen LogP contribution in [0.15, 0.2) is 53.3 Å². The molecule has 4 aromatic rings. The van der Waals surface area contributed by atoms with Crippen LogP contribution in [-0.2, 0) is 33.8 Å². The van der Waals surface area contributed by atoms with Crippen LogP contribution in [-0.4, -0.2) is 37.9 Å². The van der Waals surface area contributed by atoms with Gasteiger partial charge >= 0.3 is 5.97 Å². The number of hydrogen-bond donors (Lipinski definition) is 1. The number of hydrogen-bond acceptors (Lipinski definition) is 8. The van der Waals surface area contributed by atoms with Crippen LogP contribution < -0.4 is 15.2 Å². The maximum absolute atomic E-state index is 15.4. The highest BCUT2D eigenvalue weighted by Crippen LogP contribution is 2.36. The third-order valence-electron chi connectivity index (χ3n) is 5.92. The molecule has 1 atom stereocenters. The smallest absolute Gasteiger partial charge is 0.310 e. The molecule has 2 aromatic heterocycles. The van der Waals surface area contributed by atoms with Crippen molar-refractivity contribution in [2.45, 2.75) is 32.6 Å². The molecule has 4 rings (SSSR count). The molecule has 10 heteroatoms. The summed E-state index contributed by atoms with van der Waals surface area (Å²) in [4.78, 5) is 16.4. The summed E-state index contributed by atoms with van der Waals surface area (Å²) in [6.45, 7) is 1.68. The van der Waals surface area contributed by atoms with Crippen LogP contribution in [0, 0.1) is 11.6 Å². The minimum absolute atomic E-state index is 0.0774. The Labute approximate surface area is 218 Å². The monoisotopic (exact) mass is 526 g/mol. The van der Waals surface area contributed by atoms with Gasteiger partial charge in [0.2, 0.25) is 0 Å². The third kappa shape index (κ3) is 5.76. The van der Waals surface area contributed by atoms with Gasteiger partial charge in [0, 0.05) is 48.2 Å². The molecular weight excluding hydrogens is 498 g/mol. The van der Waals surface area contributed by atoms with Crippen molar-refractivity contribution in [3.05, 3.63) is 77.3 Å². The molecule has 0 aliphatic rings. The van der Waals surface area contributed by atoms with Crippen molar-refractivity contribution in [3.8, 4) is 22.6 Å². The minimum Gasteiger partial charge on any atom is -0.497 e. The highest BCUT2D eigenvalue weighted by molar-refractivity contribution is 5.93. The zero-order valence-corrected chi connectivity index (χ0v) is 21.3. The lowest BCUT2D eigenvalue weighted by atomic mass is 9.99. The summed E-state index contributed by atoms with van der Waals surface area (Å²) >= 11 is 0. The first kappa shape index (κ1) is 27.0. The Balaban J connectivity index is 1.66. The second kappa shape index (κ2) is 12.0. The fraction of sp³-hybridized carbons (Fsp3) is 0.286. The Morgan fingerprint density at radius 1 is 1.08 bits per heavy atom. The van der Waals surface area contributed by atoms with Crippen LogP contribution >= 0.6 is 0 Å². The number of ether oxygens (including phenoxy) is 4. The molecule has 8 nitrogen and oxygen atoms in total. The molecule has 38 heavy (non-hydrogen) atoms. The number of esters is 1. The molecule has 2 N–H and O–H groups in total. The Bertz CT molecular complexity index is 1440. The second-order valence-corrected chi connectivity index (χ2v) is 8.58. The molecule has 2 aromatic carbocycles. The van der Waals surface area contributed by atoms with E-state index in [0.29, 0.717) is 22.6 Å². The van der Waals surface area contributed by atoms with Crippen LogP contribution in [0.25, 0.3) is 22.1 Å². The van der Waals surface area contributed by atoms with Gasteiger partial charge in [-0.2, -0.15) is 0 Å². The highest BCUT2D eigenvalue weighted by Gasteiger charge is 2.21. The number of benzene rings is 2. The van der Waals surface area contributed by atoms with E-state index in [-0.39, 0.29) is 54.0 Å². The number of aromatic nitrogens is 1. The number of halogens is 2. The van der Waals surface area contributed by atoms with Gasteiger partial charge < -0.3 is 29.1 Å². The first-order chi connectivity index (χ1) is 18.4. The summed E-state index contributed by atoms with van der Waals surface area (Å²) in [6.07, 6.45) is 2.27.